The molecular formula is C21H15ClF4N4O4S. The van der Waals surface area contributed by atoms with Gasteiger partial charge in [-0.05, 0) is 25.1 Å². The van der Waals surface area contributed by atoms with Crippen molar-refractivity contribution in [2.24, 2.45) is 0 Å². The van der Waals surface area contributed by atoms with Crippen LogP contribution in [0.25, 0.3) is 27.9 Å². The molecule has 1 aliphatic rings. The van der Waals surface area contributed by atoms with E-state index >= 15 is 8.78 Å². The molecule has 0 saturated heterocycles. The molecule has 1 aliphatic heterocycles. The zero-order valence-electron chi connectivity index (χ0n) is 17.7. The largest absolute Gasteiger partial charge is 0.354 e. The molecule has 0 amide bonds. The van der Waals surface area contributed by atoms with E-state index in [1.807, 2.05) is 4.72 Å². The summed E-state index contributed by atoms with van der Waals surface area (Å²) in [5, 5.41) is 3.81. The fourth-order valence-corrected chi connectivity index (χ4v) is 5.13. The topological polar surface area (TPSA) is 99.1 Å². The molecule has 184 valence electrons. The molecule has 14 heteroatoms. The van der Waals surface area contributed by atoms with Crippen molar-refractivity contribution in [3.63, 3.8) is 0 Å². The quantitative estimate of drug-likeness (QED) is 0.396. The number of nitrogens with zero attached hydrogens (tertiary/aromatic N) is 3. The third-order valence-corrected chi connectivity index (χ3v) is 7.43. The Morgan fingerprint density at radius 2 is 1.94 bits per heavy atom. The Balaban J connectivity index is 1.69. The van der Waals surface area contributed by atoms with Crippen LogP contribution in [0.3, 0.4) is 0 Å². The molecule has 2 aromatic carbocycles. The van der Waals surface area contributed by atoms with E-state index in [4.69, 9.17) is 16.1 Å². The Labute approximate surface area is 199 Å². The predicted molar refractivity (Wildman–Crippen MR) is 118 cm³/mol. The number of rotatable bonds is 5. The molecule has 0 spiro atoms. The lowest BCUT2D eigenvalue weighted by atomic mass is 10.0. The summed E-state index contributed by atoms with van der Waals surface area (Å²) in [6.45, 7) is 0.657. The molecule has 0 fully saturated rings. The molecule has 0 aliphatic carbocycles. The highest BCUT2D eigenvalue weighted by Crippen LogP contribution is 2.40. The van der Waals surface area contributed by atoms with Gasteiger partial charge in [0.15, 0.2) is 11.4 Å². The van der Waals surface area contributed by atoms with E-state index in [-0.39, 0.29) is 27.4 Å². The van der Waals surface area contributed by atoms with E-state index < -0.39 is 62.9 Å². The van der Waals surface area contributed by atoms with Gasteiger partial charge >= 0.3 is 11.6 Å². The van der Waals surface area contributed by atoms with Crippen molar-refractivity contribution < 1.29 is 30.5 Å². The summed E-state index contributed by atoms with van der Waals surface area (Å²) < 4.78 is 91.5. The molecule has 3 heterocycles. The van der Waals surface area contributed by atoms with Crippen LogP contribution < -0.4 is 10.4 Å². The lowest BCUT2D eigenvalue weighted by Crippen LogP contribution is -2.45. The third-order valence-electron chi connectivity index (χ3n) is 5.81. The summed E-state index contributed by atoms with van der Waals surface area (Å²) >= 11 is 6.08. The second kappa shape index (κ2) is 7.93. The molecular weight excluding hydrogens is 516 g/mol. The Hall–Kier alpha value is -3.16. The van der Waals surface area contributed by atoms with Crippen molar-refractivity contribution >= 4 is 32.6 Å². The number of sulfonamides is 1. The molecule has 0 radical (unpaired) electrons. The fraction of sp³-hybridized carbons (Fsp3) is 0.238. The highest BCUT2D eigenvalue weighted by Gasteiger charge is 2.52. The van der Waals surface area contributed by atoms with E-state index in [9.17, 15) is 22.0 Å². The molecule has 35 heavy (non-hydrogen) atoms. The second-order valence-electron chi connectivity index (χ2n) is 7.90. The van der Waals surface area contributed by atoms with Crippen molar-refractivity contribution in [3.8, 4) is 16.9 Å². The molecule has 0 bridgehead atoms. The average molecular weight is 531 g/mol. The monoisotopic (exact) mass is 530 g/mol. The van der Waals surface area contributed by atoms with Crippen LogP contribution in [-0.4, -0.2) is 34.5 Å². The summed E-state index contributed by atoms with van der Waals surface area (Å²) in [6.07, 6.45) is 0.802. The van der Waals surface area contributed by atoms with Gasteiger partial charge in [0.2, 0.25) is 10.0 Å². The Kier molecular flexibility index (Phi) is 5.34. The maximum absolute atomic E-state index is 15.1. The number of benzene rings is 2. The molecule has 5 rings (SSSR count). The number of imidazole rings is 1. The predicted octanol–water partition coefficient (Wildman–Crippen LogP) is 3.79. The maximum atomic E-state index is 15.1. The molecule has 4 aromatic rings. The third kappa shape index (κ3) is 3.65. The van der Waals surface area contributed by atoms with Gasteiger partial charge in [0.05, 0.1) is 23.2 Å². The first-order valence-electron chi connectivity index (χ1n) is 10.2. The van der Waals surface area contributed by atoms with Crippen LogP contribution in [0, 0.1) is 11.6 Å². The minimum Gasteiger partial charge on any atom is -0.354 e. The number of alkyl halides is 2. The first-order chi connectivity index (χ1) is 16.4. The van der Waals surface area contributed by atoms with Gasteiger partial charge in [0, 0.05) is 22.8 Å². The number of hydrogen-bond acceptors (Lipinski definition) is 5. The maximum Gasteiger partial charge on any atom is 0.334 e. The van der Waals surface area contributed by atoms with E-state index in [1.54, 1.807) is 0 Å². The minimum atomic E-state index is -3.98. The average Bonchev–Trinajstić information content (AvgIpc) is 3.40. The zero-order chi connectivity index (χ0) is 25.3. The molecule has 0 saturated carbocycles. The standard InChI is InChI=1S/C21H15ClF4N4O4S/c1-2-35(32,33)28-15-8-29-16(21(15,25)26)9-30(20(29)31)19-18-11(6-10(22)7-14(18)34-27-19)17-12(23)4-3-5-13(17)24/h3-7,9,15,28H,2,8H2,1H3/t15-/m1/s1. The molecule has 8 nitrogen and oxygen atoms in total. The lowest BCUT2D eigenvalue weighted by molar-refractivity contribution is -0.0248. The van der Waals surface area contributed by atoms with Crippen molar-refractivity contribution in [3.05, 3.63) is 69.4 Å². The highest BCUT2D eigenvalue weighted by molar-refractivity contribution is 7.89. The smallest absolute Gasteiger partial charge is 0.334 e. The van der Waals surface area contributed by atoms with Gasteiger partial charge in [0.1, 0.15) is 23.4 Å². The summed E-state index contributed by atoms with van der Waals surface area (Å²) in [7, 11) is -3.98. The van der Waals surface area contributed by atoms with Crippen LogP contribution in [0.1, 0.15) is 12.6 Å². The zero-order valence-corrected chi connectivity index (χ0v) is 19.3. The van der Waals surface area contributed by atoms with Crippen molar-refractivity contribution in [2.45, 2.75) is 25.4 Å². The van der Waals surface area contributed by atoms with E-state index in [1.165, 1.54) is 25.1 Å². The lowest BCUT2D eigenvalue weighted by Gasteiger charge is -2.19. The van der Waals surface area contributed by atoms with E-state index in [0.717, 1.165) is 22.9 Å². The Morgan fingerprint density at radius 3 is 2.57 bits per heavy atom. The Bertz CT molecular complexity index is 1640. The molecule has 1 N–H and O–H groups in total. The summed E-state index contributed by atoms with van der Waals surface area (Å²) in [5.74, 6) is -6.28. The number of nitrogens with one attached hydrogen (secondary N) is 1. The number of fused-ring (bicyclic) bond motifs is 2. The van der Waals surface area contributed by atoms with E-state index in [2.05, 4.69) is 5.16 Å². The highest BCUT2D eigenvalue weighted by atomic mass is 35.5. The van der Waals surface area contributed by atoms with Crippen LogP contribution in [0.2, 0.25) is 5.02 Å². The van der Waals surface area contributed by atoms with Crippen LogP contribution in [0.15, 0.2) is 45.8 Å². The van der Waals surface area contributed by atoms with Gasteiger partial charge in [-0.15, -0.1) is 0 Å². The molecule has 1 atom stereocenters. The first kappa shape index (κ1) is 23.6. The van der Waals surface area contributed by atoms with Gasteiger partial charge in [-0.2, -0.15) is 8.78 Å². The van der Waals surface area contributed by atoms with Gasteiger partial charge in [-0.3, -0.25) is 4.57 Å². The summed E-state index contributed by atoms with van der Waals surface area (Å²) in [6, 6.07) is 3.89. The van der Waals surface area contributed by atoms with Crippen molar-refractivity contribution in [1.29, 1.82) is 0 Å². The van der Waals surface area contributed by atoms with Gasteiger partial charge in [-0.25, -0.2) is 31.3 Å². The van der Waals surface area contributed by atoms with Crippen LogP contribution >= 0.6 is 11.6 Å². The van der Waals surface area contributed by atoms with Crippen molar-refractivity contribution in [2.75, 3.05) is 5.75 Å². The fourth-order valence-electron chi connectivity index (χ4n) is 4.10. The van der Waals surface area contributed by atoms with Crippen LogP contribution in [0.4, 0.5) is 17.6 Å². The minimum absolute atomic E-state index is 0.0312. The van der Waals surface area contributed by atoms with Crippen LogP contribution in [-0.2, 0) is 22.5 Å². The first-order valence-corrected chi connectivity index (χ1v) is 12.2. The summed E-state index contributed by atoms with van der Waals surface area (Å²) in [4.78, 5) is 13.1. The Morgan fingerprint density at radius 1 is 1.26 bits per heavy atom. The second-order valence-corrected chi connectivity index (χ2v) is 10.4. The van der Waals surface area contributed by atoms with Gasteiger partial charge in [-0.1, -0.05) is 22.8 Å². The SMILES string of the molecule is CCS(=O)(=O)N[C@@H]1Cn2c(cn(-c3noc4cc(Cl)cc(-c5c(F)cccc5F)c34)c2=O)C1(F)F. The molecule has 0 unspecified atom stereocenters. The van der Waals surface area contributed by atoms with Gasteiger partial charge in [0.25, 0.3) is 0 Å². The normalized spacial score (nSPS) is 17.3. The van der Waals surface area contributed by atoms with Crippen LogP contribution in [0.5, 0.6) is 0 Å². The summed E-state index contributed by atoms with van der Waals surface area (Å²) in [5.41, 5.74) is -2.33. The number of hydrogen-bond donors (Lipinski definition) is 1. The van der Waals surface area contributed by atoms with E-state index in [0.29, 0.717) is 4.57 Å². The van der Waals surface area contributed by atoms with Crippen molar-refractivity contribution in [1.82, 2.24) is 19.0 Å². The number of aromatic nitrogens is 3. The molecule has 2 aromatic heterocycles. The van der Waals surface area contributed by atoms with Gasteiger partial charge < -0.3 is 4.52 Å². The number of halogens is 5.